The van der Waals surface area contributed by atoms with Gasteiger partial charge in [0.05, 0.1) is 9.70 Å². The second-order valence-corrected chi connectivity index (χ2v) is 5.11. The van der Waals surface area contributed by atoms with E-state index in [1.54, 1.807) is 11.3 Å². The van der Waals surface area contributed by atoms with Crippen LogP contribution in [0, 0.1) is 0 Å². The van der Waals surface area contributed by atoms with E-state index in [9.17, 15) is 0 Å². The molecule has 0 amide bonds. The summed E-state index contributed by atoms with van der Waals surface area (Å²) in [7, 11) is 0. The normalized spacial score (nSPS) is 11.4. The Bertz CT molecular complexity index is 577. The molecule has 3 heteroatoms. The third-order valence-electron chi connectivity index (χ3n) is 2.07. The van der Waals surface area contributed by atoms with E-state index in [2.05, 4.69) is 30.3 Å². The molecule has 0 aliphatic rings. The van der Waals surface area contributed by atoms with E-state index in [1.165, 1.54) is 19.5 Å². The molecule has 13 heavy (non-hydrogen) atoms. The van der Waals surface area contributed by atoms with Crippen molar-refractivity contribution in [3.05, 3.63) is 30.3 Å². The van der Waals surface area contributed by atoms with E-state index < -0.39 is 0 Å². The number of thiophene rings is 2. The predicted molar refractivity (Wildman–Crippen MR) is 61.6 cm³/mol. The molecule has 0 saturated heterocycles. The van der Waals surface area contributed by atoms with Gasteiger partial charge < -0.3 is 5.73 Å². The van der Waals surface area contributed by atoms with Crippen LogP contribution < -0.4 is 5.73 Å². The summed E-state index contributed by atoms with van der Waals surface area (Å²) in [5, 5.41) is 2.25. The van der Waals surface area contributed by atoms with E-state index in [0.717, 1.165) is 5.00 Å². The molecule has 0 atom stereocenters. The number of hydrogen-bond acceptors (Lipinski definition) is 3. The van der Waals surface area contributed by atoms with Gasteiger partial charge in [0.25, 0.3) is 0 Å². The van der Waals surface area contributed by atoms with Gasteiger partial charge in [0.1, 0.15) is 0 Å². The van der Waals surface area contributed by atoms with Crippen LogP contribution in [-0.4, -0.2) is 0 Å². The van der Waals surface area contributed by atoms with Crippen molar-refractivity contribution in [2.45, 2.75) is 0 Å². The van der Waals surface area contributed by atoms with Crippen LogP contribution in [0.4, 0.5) is 5.00 Å². The molecule has 0 saturated carbocycles. The molecule has 2 heterocycles. The van der Waals surface area contributed by atoms with Gasteiger partial charge in [-0.2, -0.15) is 0 Å². The summed E-state index contributed by atoms with van der Waals surface area (Å²) >= 11 is 3.49. The molecule has 2 N–H and O–H groups in total. The quantitative estimate of drug-likeness (QED) is 0.595. The number of benzene rings is 1. The third-order valence-corrected chi connectivity index (χ3v) is 4.31. The SMILES string of the molecule is Nc1cc2sc3ccccc3c2s1. The average Bonchev–Trinajstić information content (AvgIpc) is 2.60. The standard InChI is InChI=1S/C10H7NS2/c11-9-5-8-10(13-9)6-3-1-2-4-7(6)12-8/h1-5H,11H2. The van der Waals surface area contributed by atoms with Crippen molar-refractivity contribution < 1.29 is 0 Å². The first-order valence-electron chi connectivity index (χ1n) is 4.01. The lowest BCUT2D eigenvalue weighted by molar-refractivity contribution is 1.87. The number of hydrogen-bond donors (Lipinski definition) is 1. The van der Waals surface area contributed by atoms with Gasteiger partial charge in [-0.15, -0.1) is 22.7 Å². The average molecular weight is 205 g/mol. The molecule has 0 fully saturated rings. The number of nitrogen functional groups attached to an aromatic ring is 1. The monoisotopic (exact) mass is 205 g/mol. The minimum absolute atomic E-state index is 0.909. The fourth-order valence-corrected chi connectivity index (χ4v) is 3.82. The summed E-state index contributed by atoms with van der Waals surface area (Å²) in [6.45, 7) is 0. The second kappa shape index (κ2) is 2.47. The first kappa shape index (κ1) is 7.35. The van der Waals surface area contributed by atoms with E-state index in [-0.39, 0.29) is 0 Å². The molecule has 64 valence electrons. The molecule has 2 aromatic heterocycles. The van der Waals surface area contributed by atoms with E-state index in [1.807, 2.05) is 11.3 Å². The van der Waals surface area contributed by atoms with Crippen LogP contribution in [0.2, 0.25) is 0 Å². The second-order valence-electron chi connectivity index (χ2n) is 2.94. The molecule has 1 nitrogen and oxygen atoms in total. The van der Waals surface area contributed by atoms with E-state index in [4.69, 9.17) is 5.73 Å². The minimum atomic E-state index is 0.909. The van der Waals surface area contributed by atoms with Crippen molar-refractivity contribution in [1.29, 1.82) is 0 Å². The summed E-state index contributed by atoms with van der Waals surface area (Å²) < 4.78 is 3.99. The van der Waals surface area contributed by atoms with Gasteiger partial charge in [0, 0.05) is 14.8 Å². The van der Waals surface area contributed by atoms with Crippen molar-refractivity contribution in [2.75, 3.05) is 5.73 Å². The van der Waals surface area contributed by atoms with Crippen molar-refractivity contribution in [3.63, 3.8) is 0 Å². The van der Waals surface area contributed by atoms with Gasteiger partial charge in [0.2, 0.25) is 0 Å². The Labute approximate surface area is 83.4 Å². The van der Waals surface area contributed by atoms with Gasteiger partial charge in [-0.25, -0.2) is 0 Å². The number of rotatable bonds is 0. The summed E-state index contributed by atoms with van der Waals surface area (Å²) in [6, 6.07) is 10.5. The lowest BCUT2D eigenvalue weighted by atomic mass is 10.2. The highest BCUT2D eigenvalue weighted by Gasteiger charge is 2.06. The van der Waals surface area contributed by atoms with Gasteiger partial charge in [-0.05, 0) is 12.1 Å². The highest BCUT2D eigenvalue weighted by molar-refractivity contribution is 7.34. The molecule has 0 aliphatic heterocycles. The molecular formula is C10H7NS2. The first-order valence-corrected chi connectivity index (χ1v) is 5.64. The largest absolute Gasteiger partial charge is 0.391 e. The zero-order valence-electron chi connectivity index (χ0n) is 6.78. The summed E-state index contributed by atoms with van der Waals surface area (Å²) in [5.41, 5.74) is 5.75. The van der Waals surface area contributed by atoms with Crippen LogP contribution in [0.15, 0.2) is 30.3 Å². The minimum Gasteiger partial charge on any atom is -0.391 e. The molecule has 0 radical (unpaired) electrons. The molecular weight excluding hydrogens is 198 g/mol. The van der Waals surface area contributed by atoms with Gasteiger partial charge in [0.15, 0.2) is 0 Å². The highest BCUT2D eigenvalue weighted by atomic mass is 32.1. The fraction of sp³-hybridized carbons (Fsp3) is 0. The molecule has 3 rings (SSSR count). The van der Waals surface area contributed by atoms with Crippen LogP contribution in [0.5, 0.6) is 0 Å². The van der Waals surface area contributed by atoms with E-state index >= 15 is 0 Å². The zero-order valence-corrected chi connectivity index (χ0v) is 8.41. The molecule has 0 unspecified atom stereocenters. The van der Waals surface area contributed by atoms with E-state index in [0.29, 0.717) is 0 Å². The molecule has 1 aromatic carbocycles. The molecule has 0 bridgehead atoms. The van der Waals surface area contributed by atoms with Crippen LogP contribution in [0.3, 0.4) is 0 Å². The lowest BCUT2D eigenvalue weighted by Gasteiger charge is -1.85. The summed E-state index contributed by atoms with van der Waals surface area (Å²) in [4.78, 5) is 0. The molecule has 0 spiro atoms. The maximum absolute atomic E-state index is 5.75. The van der Waals surface area contributed by atoms with Gasteiger partial charge in [-0.3, -0.25) is 0 Å². The van der Waals surface area contributed by atoms with Crippen molar-refractivity contribution in [2.24, 2.45) is 0 Å². The van der Waals surface area contributed by atoms with Crippen molar-refractivity contribution in [1.82, 2.24) is 0 Å². The van der Waals surface area contributed by atoms with Crippen LogP contribution in [0.1, 0.15) is 0 Å². The van der Waals surface area contributed by atoms with Crippen LogP contribution in [-0.2, 0) is 0 Å². The molecule has 0 aliphatic carbocycles. The smallest absolute Gasteiger partial charge is 0.0877 e. The fourth-order valence-electron chi connectivity index (χ4n) is 1.52. The predicted octanol–water partition coefficient (Wildman–Crippen LogP) is 3.70. The van der Waals surface area contributed by atoms with Crippen LogP contribution >= 0.6 is 22.7 Å². The number of anilines is 1. The van der Waals surface area contributed by atoms with Gasteiger partial charge >= 0.3 is 0 Å². The van der Waals surface area contributed by atoms with Crippen LogP contribution in [0.25, 0.3) is 19.5 Å². The Morgan fingerprint density at radius 2 is 1.85 bits per heavy atom. The van der Waals surface area contributed by atoms with Crippen molar-refractivity contribution in [3.8, 4) is 0 Å². The highest BCUT2D eigenvalue weighted by Crippen LogP contribution is 2.39. The number of nitrogens with two attached hydrogens (primary N) is 1. The lowest BCUT2D eigenvalue weighted by Crippen LogP contribution is -1.72. The Kier molecular flexibility index (Phi) is 1.39. The maximum atomic E-state index is 5.75. The number of fused-ring (bicyclic) bond motifs is 3. The van der Waals surface area contributed by atoms with Gasteiger partial charge in [-0.1, -0.05) is 18.2 Å². The summed E-state index contributed by atoms with van der Waals surface area (Å²) in [6.07, 6.45) is 0. The Morgan fingerprint density at radius 1 is 1.00 bits per heavy atom. The zero-order chi connectivity index (χ0) is 8.84. The Hall–Kier alpha value is -1.06. The third kappa shape index (κ3) is 0.975. The van der Waals surface area contributed by atoms with Crippen molar-refractivity contribution >= 4 is 47.2 Å². The first-order chi connectivity index (χ1) is 6.34. The topological polar surface area (TPSA) is 26.0 Å². The Balaban J connectivity index is 2.60. The Morgan fingerprint density at radius 3 is 2.77 bits per heavy atom. The molecule has 3 aromatic rings. The maximum Gasteiger partial charge on any atom is 0.0877 e. The summed E-state index contributed by atoms with van der Waals surface area (Å²) in [5.74, 6) is 0.